The number of piperidine rings is 1. The van der Waals surface area contributed by atoms with Crippen molar-refractivity contribution in [2.75, 3.05) is 11.9 Å². The van der Waals surface area contributed by atoms with Crippen LogP contribution in [0.2, 0.25) is 0 Å². The largest absolute Gasteiger partial charge is 0.352 e. The number of likely N-dealkylation sites (tertiary alicyclic amines) is 1. The molecule has 3 atom stereocenters. The normalized spacial score (nSPS) is 22.4. The van der Waals surface area contributed by atoms with Crippen molar-refractivity contribution < 1.29 is 4.79 Å². The molecular formula is C21H20BrN5OS. The van der Waals surface area contributed by atoms with Crippen LogP contribution in [0, 0.1) is 12.8 Å². The summed E-state index contributed by atoms with van der Waals surface area (Å²) in [4.78, 5) is 29.7. The molecule has 1 saturated heterocycles. The van der Waals surface area contributed by atoms with E-state index in [1.165, 1.54) is 0 Å². The van der Waals surface area contributed by atoms with Gasteiger partial charge < -0.3 is 10.2 Å². The molecule has 1 aromatic carbocycles. The molecule has 2 aromatic heterocycles. The summed E-state index contributed by atoms with van der Waals surface area (Å²) in [5, 5.41) is 4.20. The van der Waals surface area contributed by atoms with E-state index in [0.29, 0.717) is 30.1 Å². The first-order valence-electron chi connectivity index (χ1n) is 9.67. The summed E-state index contributed by atoms with van der Waals surface area (Å²) in [5.74, 6) is 1.23. The van der Waals surface area contributed by atoms with E-state index in [2.05, 4.69) is 41.1 Å². The number of hydrogen-bond acceptors (Lipinski definition) is 6. The van der Waals surface area contributed by atoms with Crippen LogP contribution in [0.4, 0.5) is 5.95 Å². The Kier molecular flexibility index (Phi) is 4.83. The van der Waals surface area contributed by atoms with E-state index in [0.717, 1.165) is 32.8 Å². The minimum absolute atomic E-state index is 0.0433. The smallest absolute Gasteiger partial charge is 0.274 e. The number of aromatic nitrogens is 3. The highest BCUT2D eigenvalue weighted by atomic mass is 79.9. The van der Waals surface area contributed by atoms with Gasteiger partial charge in [-0.2, -0.15) is 0 Å². The van der Waals surface area contributed by atoms with E-state index in [1.54, 1.807) is 23.7 Å². The lowest BCUT2D eigenvalue weighted by atomic mass is 10.1. The van der Waals surface area contributed by atoms with Crippen molar-refractivity contribution in [2.45, 2.75) is 31.8 Å². The average molecular weight is 470 g/mol. The van der Waals surface area contributed by atoms with Crippen LogP contribution in [0.25, 0.3) is 10.4 Å². The van der Waals surface area contributed by atoms with Gasteiger partial charge in [-0.1, -0.05) is 30.3 Å². The molecule has 0 radical (unpaired) electrons. The van der Waals surface area contributed by atoms with Crippen molar-refractivity contribution in [1.29, 1.82) is 0 Å². The molecule has 1 aliphatic heterocycles. The minimum atomic E-state index is 0.0433. The summed E-state index contributed by atoms with van der Waals surface area (Å²) >= 11 is 4.93. The minimum Gasteiger partial charge on any atom is -0.352 e. The molecule has 29 heavy (non-hydrogen) atoms. The van der Waals surface area contributed by atoms with Crippen molar-refractivity contribution in [1.82, 2.24) is 19.9 Å². The number of nitrogens with one attached hydrogen (secondary N) is 1. The third kappa shape index (κ3) is 3.67. The van der Waals surface area contributed by atoms with Crippen LogP contribution in [0.5, 0.6) is 0 Å². The predicted octanol–water partition coefficient (Wildman–Crippen LogP) is 4.39. The Balaban J connectivity index is 1.38. The monoisotopic (exact) mass is 469 g/mol. The Bertz CT molecular complexity index is 1040. The molecule has 0 spiro atoms. The van der Waals surface area contributed by atoms with Gasteiger partial charge in [-0.05, 0) is 47.2 Å². The number of carbonyl (C=O) groups is 1. The zero-order chi connectivity index (χ0) is 20.0. The molecule has 2 aliphatic rings. The first kappa shape index (κ1) is 18.7. The Morgan fingerprint density at radius 1 is 1.24 bits per heavy atom. The number of rotatable bonds is 5. The second kappa shape index (κ2) is 7.50. The van der Waals surface area contributed by atoms with Crippen LogP contribution in [-0.2, 0) is 0 Å². The molecule has 5 rings (SSSR count). The number of thiazole rings is 1. The van der Waals surface area contributed by atoms with E-state index >= 15 is 0 Å². The molecule has 0 unspecified atom stereocenters. The molecule has 3 heterocycles. The predicted molar refractivity (Wildman–Crippen MR) is 117 cm³/mol. The number of benzene rings is 1. The van der Waals surface area contributed by atoms with Gasteiger partial charge in [0.25, 0.3) is 5.91 Å². The van der Waals surface area contributed by atoms with E-state index in [9.17, 15) is 4.79 Å². The van der Waals surface area contributed by atoms with Crippen LogP contribution in [-0.4, -0.2) is 44.4 Å². The molecule has 6 nitrogen and oxygen atoms in total. The van der Waals surface area contributed by atoms with Crippen LogP contribution >= 0.6 is 27.3 Å². The number of anilines is 1. The Hall–Kier alpha value is -2.32. The highest BCUT2D eigenvalue weighted by Crippen LogP contribution is 2.49. The van der Waals surface area contributed by atoms with Gasteiger partial charge in [-0.25, -0.2) is 15.0 Å². The number of aryl methyl sites for hydroxylation is 1. The zero-order valence-corrected chi connectivity index (χ0v) is 18.3. The van der Waals surface area contributed by atoms with E-state index in [4.69, 9.17) is 0 Å². The third-order valence-corrected chi connectivity index (χ3v) is 6.96. The van der Waals surface area contributed by atoms with E-state index in [-0.39, 0.29) is 11.9 Å². The van der Waals surface area contributed by atoms with Crippen molar-refractivity contribution >= 4 is 39.1 Å². The Labute approximate surface area is 181 Å². The fraction of sp³-hybridized carbons (Fsp3) is 0.333. The third-order valence-electron chi connectivity index (χ3n) is 5.53. The second-order valence-corrected chi connectivity index (χ2v) is 9.67. The van der Waals surface area contributed by atoms with Crippen LogP contribution < -0.4 is 5.32 Å². The number of nitrogens with zero attached hydrogens (tertiary/aromatic N) is 4. The first-order valence-corrected chi connectivity index (χ1v) is 11.3. The summed E-state index contributed by atoms with van der Waals surface area (Å²) in [6.07, 6.45) is 5.55. The lowest BCUT2D eigenvalue weighted by Gasteiger charge is -2.27. The van der Waals surface area contributed by atoms with Gasteiger partial charge in [-0.15, -0.1) is 11.3 Å². The fourth-order valence-electron chi connectivity index (χ4n) is 4.15. The number of hydrogen-bond donors (Lipinski definition) is 1. The highest BCUT2D eigenvalue weighted by molar-refractivity contribution is 9.10. The van der Waals surface area contributed by atoms with Crippen LogP contribution in [0.15, 0.2) is 47.2 Å². The number of halogens is 1. The second-order valence-electron chi connectivity index (χ2n) is 7.55. The lowest BCUT2D eigenvalue weighted by Crippen LogP contribution is -2.42. The van der Waals surface area contributed by atoms with Gasteiger partial charge >= 0.3 is 0 Å². The quantitative estimate of drug-likeness (QED) is 0.599. The first-order chi connectivity index (χ1) is 14.1. The molecule has 148 valence electrons. The molecule has 1 amide bonds. The van der Waals surface area contributed by atoms with Crippen molar-refractivity contribution in [3.8, 4) is 10.4 Å². The fourth-order valence-corrected chi connectivity index (χ4v) is 5.27. The highest BCUT2D eigenvalue weighted by Gasteiger charge is 2.54. The molecule has 8 heteroatoms. The molecule has 1 saturated carbocycles. The van der Waals surface area contributed by atoms with Crippen molar-refractivity contribution in [3.63, 3.8) is 0 Å². The van der Waals surface area contributed by atoms with Gasteiger partial charge in [0.2, 0.25) is 5.95 Å². The van der Waals surface area contributed by atoms with E-state index in [1.807, 2.05) is 37.3 Å². The van der Waals surface area contributed by atoms with Gasteiger partial charge in [0.05, 0.1) is 20.4 Å². The maximum atomic E-state index is 13.6. The van der Waals surface area contributed by atoms with Gasteiger partial charge in [0.15, 0.2) is 0 Å². The summed E-state index contributed by atoms with van der Waals surface area (Å²) in [7, 11) is 0. The molecular weight excluding hydrogens is 450 g/mol. The maximum Gasteiger partial charge on any atom is 0.274 e. The zero-order valence-electron chi connectivity index (χ0n) is 15.9. The molecule has 1 aliphatic carbocycles. The number of fused-ring (bicyclic) bond motifs is 1. The molecule has 1 N–H and O–H groups in total. The lowest BCUT2D eigenvalue weighted by molar-refractivity contribution is 0.0704. The van der Waals surface area contributed by atoms with Gasteiger partial charge in [0.1, 0.15) is 5.69 Å². The van der Waals surface area contributed by atoms with Crippen LogP contribution in [0.1, 0.15) is 28.3 Å². The summed E-state index contributed by atoms with van der Waals surface area (Å²) in [6, 6.07) is 10.5. The van der Waals surface area contributed by atoms with Crippen molar-refractivity contribution in [2.24, 2.45) is 5.92 Å². The Morgan fingerprint density at radius 2 is 2.00 bits per heavy atom. The average Bonchev–Trinajstić information content (AvgIpc) is 3.22. The standard InChI is InChI=1S/C21H20BrN5OS/c1-12-26-18(19(29-12)13-5-3-2-4-6-13)20(28)27-16(7-14-8-17(14)27)11-25-21-23-9-15(22)10-24-21/h2-6,9-10,14,16-17H,7-8,11H2,1H3,(H,23,24,25)/t14-,16+,17+/m1/s1. The van der Waals surface area contributed by atoms with Crippen molar-refractivity contribution in [3.05, 3.63) is 57.9 Å². The van der Waals surface area contributed by atoms with E-state index < -0.39 is 0 Å². The van der Waals surface area contributed by atoms with Crippen LogP contribution in [0.3, 0.4) is 0 Å². The Morgan fingerprint density at radius 3 is 2.76 bits per heavy atom. The van der Waals surface area contributed by atoms with Gasteiger partial charge in [0, 0.05) is 25.0 Å². The molecule has 2 fully saturated rings. The molecule has 0 bridgehead atoms. The summed E-state index contributed by atoms with van der Waals surface area (Å²) < 4.78 is 0.842. The van der Waals surface area contributed by atoms with Gasteiger partial charge in [-0.3, -0.25) is 4.79 Å². The summed E-state index contributed by atoms with van der Waals surface area (Å²) in [6.45, 7) is 2.60. The number of amides is 1. The number of carbonyl (C=O) groups excluding carboxylic acids is 1. The summed E-state index contributed by atoms with van der Waals surface area (Å²) in [5.41, 5.74) is 1.63. The molecule has 3 aromatic rings. The topological polar surface area (TPSA) is 71.0 Å². The maximum absolute atomic E-state index is 13.6. The SMILES string of the molecule is Cc1nc(C(=O)N2[C@H](CNc3ncc(Br)cn3)C[C@@H]3C[C@@H]32)c(-c2ccccc2)s1.